The molecule has 6 heteroatoms. The average Bonchev–Trinajstić information content (AvgIpc) is 2.97. The topological polar surface area (TPSA) is 75.3 Å². The van der Waals surface area contributed by atoms with Gasteiger partial charge in [0.1, 0.15) is 0 Å². The Hall–Kier alpha value is -1.14. The lowest BCUT2D eigenvalue weighted by Gasteiger charge is -2.14. The number of rotatable bonds is 3. The molecule has 0 aliphatic heterocycles. The van der Waals surface area contributed by atoms with Crippen molar-refractivity contribution in [2.45, 2.75) is 38.3 Å². The molecule has 1 fully saturated rings. The third-order valence-corrected chi connectivity index (χ3v) is 3.35. The smallest absolute Gasteiger partial charge is 0.206 e. The Bertz CT molecular complexity index is 329. The number of hydrogen-bond acceptors (Lipinski definition) is 4. The molecule has 5 nitrogen and oxygen atoms in total. The Labute approximate surface area is 99.1 Å². The fourth-order valence-electron chi connectivity index (χ4n) is 1.87. The van der Waals surface area contributed by atoms with Crippen molar-refractivity contribution in [3.05, 3.63) is 16.6 Å². The molecule has 0 bridgehead atoms. The number of nitrogens with two attached hydrogens (primary N) is 1. The minimum atomic E-state index is 0.519. The molecule has 1 aromatic heterocycles. The van der Waals surface area contributed by atoms with Crippen molar-refractivity contribution in [3.8, 4) is 0 Å². The maximum absolute atomic E-state index is 5.43. The van der Waals surface area contributed by atoms with E-state index >= 15 is 0 Å². The third-order valence-electron chi connectivity index (χ3n) is 2.72. The molecule has 0 spiro atoms. The van der Waals surface area contributed by atoms with E-state index < -0.39 is 0 Å². The first-order chi connectivity index (χ1) is 7.88. The quantitative estimate of drug-likeness (QED) is 0.318. The van der Waals surface area contributed by atoms with Crippen LogP contribution in [0.3, 0.4) is 0 Å². The fraction of sp³-hybridized carbons (Fsp3) is 0.600. The number of aromatic nitrogens is 1. The second-order valence-electron chi connectivity index (χ2n) is 3.91. The summed E-state index contributed by atoms with van der Waals surface area (Å²) in [5.74, 6) is 6.10. The first kappa shape index (κ1) is 11.3. The van der Waals surface area contributed by atoms with Gasteiger partial charge in [0.2, 0.25) is 5.96 Å². The Morgan fingerprint density at radius 1 is 1.56 bits per heavy atom. The maximum atomic E-state index is 5.43. The molecule has 1 aromatic rings. The molecule has 1 heterocycles. The molecule has 16 heavy (non-hydrogen) atoms. The van der Waals surface area contributed by atoms with Crippen molar-refractivity contribution < 1.29 is 0 Å². The van der Waals surface area contributed by atoms with Crippen molar-refractivity contribution in [1.82, 2.24) is 15.7 Å². The van der Waals surface area contributed by atoms with Crippen LogP contribution in [0.2, 0.25) is 0 Å². The van der Waals surface area contributed by atoms with E-state index in [0.29, 0.717) is 18.5 Å². The van der Waals surface area contributed by atoms with Gasteiger partial charge in [-0.2, -0.15) is 0 Å². The molecular weight excluding hydrogens is 222 g/mol. The van der Waals surface area contributed by atoms with E-state index in [0.717, 1.165) is 5.69 Å². The minimum Gasteiger partial charge on any atom is -0.353 e. The average molecular weight is 239 g/mol. The van der Waals surface area contributed by atoms with Gasteiger partial charge in [0.15, 0.2) is 0 Å². The Morgan fingerprint density at radius 3 is 3.00 bits per heavy atom. The molecule has 0 radical (unpaired) electrons. The second-order valence-corrected chi connectivity index (χ2v) is 4.63. The summed E-state index contributed by atoms with van der Waals surface area (Å²) in [5, 5.41) is 5.31. The predicted octanol–water partition coefficient (Wildman–Crippen LogP) is 0.995. The van der Waals surface area contributed by atoms with Crippen molar-refractivity contribution in [2.75, 3.05) is 0 Å². The first-order valence-corrected chi connectivity index (χ1v) is 6.47. The fourth-order valence-corrected chi connectivity index (χ4v) is 2.42. The standard InChI is InChI=1S/C10H17N5S/c11-15-10(14-8-3-1-2-4-8)12-5-9-6-16-7-13-9/h6-8H,1-5,11H2,(H2,12,14,15). The van der Waals surface area contributed by atoms with Crippen LogP contribution in [0.5, 0.6) is 0 Å². The van der Waals surface area contributed by atoms with E-state index in [1.54, 1.807) is 11.3 Å². The molecule has 0 amide bonds. The normalized spacial score (nSPS) is 17.7. The van der Waals surface area contributed by atoms with E-state index in [1.807, 2.05) is 10.9 Å². The lowest BCUT2D eigenvalue weighted by Crippen LogP contribution is -2.45. The van der Waals surface area contributed by atoms with Gasteiger partial charge >= 0.3 is 0 Å². The second kappa shape index (κ2) is 5.81. The summed E-state index contributed by atoms with van der Waals surface area (Å²) in [6, 6.07) is 0.519. The first-order valence-electron chi connectivity index (χ1n) is 5.53. The van der Waals surface area contributed by atoms with Crippen LogP contribution in [0.4, 0.5) is 0 Å². The zero-order valence-corrected chi connectivity index (χ0v) is 9.96. The zero-order chi connectivity index (χ0) is 11.2. The Balaban J connectivity index is 1.85. The molecule has 0 unspecified atom stereocenters. The number of guanidine groups is 1. The van der Waals surface area contributed by atoms with Gasteiger partial charge in [-0.3, -0.25) is 5.43 Å². The van der Waals surface area contributed by atoms with Gasteiger partial charge in [0.05, 0.1) is 17.7 Å². The highest BCUT2D eigenvalue weighted by Crippen LogP contribution is 2.17. The molecule has 1 aliphatic carbocycles. The molecule has 2 rings (SSSR count). The summed E-state index contributed by atoms with van der Waals surface area (Å²) in [4.78, 5) is 8.53. The lowest BCUT2D eigenvalue weighted by atomic mass is 10.2. The lowest BCUT2D eigenvalue weighted by molar-refractivity contribution is 0.614. The summed E-state index contributed by atoms with van der Waals surface area (Å²) >= 11 is 1.58. The van der Waals surface area contributed by atoms with Gasteiger partial charge in [-0.05, 0) is 12.8 Å². The van der Waals surface area contributed by atoms with Crippen LogP contribution < -0.4 is 16.6 Å². The number of hydrogen-bond donors (Lipinski definition) is 3. The van der Waals surface area contributed by atoms with Crippen LogP contribution in [0.25, 0.3) is 0 Å². The van der Waals surface area contributed by atoms with E-state index in [2.05, 4.69) is 20.7 Å². The number of nitrogens with zero attached hydrogens (tertiary/aromatic N) is 2. The van der Waals surface area contributed by atoms with Crippen LogP contribution in [-0.4, -0.2) is 17.0 Å². The highest BCUT2D eigenvalue weighted by Gasteiger charge is 2.15. The SMILES string of the molecule is NNC(=NCc1cscn1)NC1CCCC1. The van der Waals surface area contributed by atoms with E-state index in [9.17, 15) is 0 Å². The number of thiazole rings is 1. The summed E-state index contributed by atoms with van der Waals surface area (Å²) in [6.45, 7) is 0.572. The number of aliphatic imine (C=N–C) groups is 1. The zero-order valence-electron chi connectivity index (χ0n) is 9.15. The predicted molar refractivity (Wildman–Crippen MR) is 66.0 cm³/mol. The molecule has 0 atom stereocenters. The van der Waals surface area contributed by atoms with E-state index in [-0.39, 0.29) is 0 Å². The van der Waals surface area contributed by atoms with Crippen LogP contribution in [0.15, 0.2) is 15.9 Å². The van der Waals surface area contributed by atoms with Crippen LogP contribution in [0.1, 0.15) is 31.4 Å². The van der Waals surface area contributed by atoms with Crippen molar-refractivity contribution in [3.63, 3.8) is 0 Å². The van der Waals surface area contributed by atoms with Gasteiger partial charge in [0.25, 0.3) is 0 Å². The molecule has 0 saturated heterocycles. The van der Waals surface area contributed by atoms with Crippen LogP contribution in [-0.2, 0) is 6.54 Å². The third kappa shape index (κ3) is 3.18. The molecule has 1 saturated carbocycles. The van der Waals surface area contributed by atoms with Gasteiger partial charge in [-0.1, -0.05) is 12.8 Å². The van der Waals surface area contributed by atoms with Crippen molar-refractivity contribution in [2.24, 2.45) is 10.8 Å². The van der Waals surface area contributed by atoms with Crippen molar-refractivity contribution >= 4 is 17.3 Å². The van der Waals surface area contributed by atoms with Gasteiger partial charge in [-0.25, -0.2) is 15.8 Å². The molecule has 4 N–H and O–H groups in total. The van der Waals surface area contributed by atoms with E-state index in [4.69, 9.17) is 5.84 Å². The Morgan fingerprint density at radius 2 is 2.38 bits per heavy atom. The van der Waals surface area contributed by atoms with Crippen LogP contribution in [0, 0.1) is 0 Å². The van der Waals surface area contributed by atoms with Crippen molar-refractivity contribution in [1.29, 1.82) is 0 Å². The monoisotopic (exact) mass is 239 g/mol. The summed E-state index contributed by atoms with van der Waals surface area (Å²) in [7, 11) is 0. The number of nitrogens with one attached hydrogen (secondary N) is 2. The Kier molecular flexibility index (Phi) is 4.12. The van der Waals surface area contributed by atoms with Gasteiger partial charge in [-0.15, -0.1) is 11.3 Å². The summed E-state index contributed by atoms with van der Waals surface area (Å²) < 4.78 is 0. The van der Waals surface area contributed by atoms with E-state index in [1.165, 1.54) is 25.7 Å². The minimum absolute atomic E-state index is 0.519. The maximum Gasteiger partial charge on any atom is 0.206 e. The molecule has 88 valence electrons. The number of hydrazine groups is 1. The molecular formula is C10H17N5S. The summed E-state index contributed by atoms with van der Waals surface area (Å²) in [6.07, 6.45) is 5.00. The largest absolute Gasteiger partial charge is 0.353 e. The molecule has 1 aliphatic rings. The van der Waals surface area contributed by atoms with Gasteiger partial charge in [0, 0.05) is 11.4 Å². The molecule has 0 aromatic carbocycles. The highest BCUT2D eigenvalue weighted by atomic mass is 32.1. The highest BCUT2D eigenvalue weighted by molar-refractivity contribution is 7.07. The summed E-state index contributed by atoms with van der Waals surface area (Å²) in [5.41, 5.74) is 5.39. The van der Waals surface area contributed by atoms with Gasteiger partial charge < -0.3 is 5.32 Å². The van der Waals surface area contributed by atoms with Crippen LogP contribution >= 0.6 is 11.3 Å².